The molecule has 1 aliphatic carbocycles. The van der Waals surface area contributed by atoms with Crippen LogP contribution in [0.4, 0.5) is 0 Å². The van der Waals surface area contributed by atoms with E-state index in [0.29, 0.717) is 5.91 Å². The van der Waals surface area contributed by atoms with Gasteiger partial charge in [0.2, 0.25) is 5.91 Å². The van der Waals surface area contributed by atoms with Gasteiger partial charge in [-0.25, -0.2) is 0 Å². The molecule has 1 aliphatic heterocycles. The second-order valence-electron chi connectivity index (χ2n) is 6.55. The Labute approximate surface area is 131 Å². The molecule has 0 saturated heterocycles. The van der Waals surface area contributed by atoms with E-state index in [9.17, 15) is 4.79 Å². The highest BCUT2D eigenvalue weighted by atomic mass is 16.2. The van der Waals surface area contributed by atoms with Crippen molar-refractivity contribution in [2.45, 2.75) is 38.8 Å². The van der Waals surface area contributed by atoms with Crippen molar-refractivity contribution in [1.82, 2.24) is 9.47 Å². The smallest absolute Gasteiger partial charge is 0.226 e. The number of carbonyl (C=O) groups is 1. The predicted octanol–water partition coefficient (Wildman–Crippen LogP) is 3.53. The number of aryl methyl sites for hydroxylation is 1. The zero-order chi connectivity index (χ0) is 15.1. The zero-order valence-electron chi connectivity index (χ0n) is 13.0. The summed E-state index contributed by atoms with van der Waals surface area (Å²) in [7, 11) is 0. The number of carbonyl (C=O) groups excluding carboxylic acids is 1. The third kappa shape index (κ3) is 2.07. The van der Waals surface area contributed by atoms with Crippen LogP contribution in [-0.2, 0) is 11.3 Å². The van der Waals surface area contributed by atoms with E-state index < -0.39 is 0 Å². The molecule has 3 nitrogen and oxygen atoms in total. The first kappa shape index (κ1) is 13.6. The molecule has 2 aromatic rings. The van der Waals surface area contributed by atoms with E-state index in [4.69, 9.17) is 0 Å². The minimum atomic E-state index is 0.0676. The Morgan fingerprint density at radius 1 is 1.09 bits per heavy atom. The Bertz CT molecular complexity index is 699. The Kier molecular flexibility index (Phi) is 3.29. The largest absolute Gasteiger partial charge is 0.348 e. The Morgan fingerprint density at radius 2 is 1.91 bits per heavy atom. The van der Waals surface area contributed by atoms with Crippen molar-refractivity contribution in [1.29, 1.82) is 0 Å². The average molecular weight is 294 g/mol. The summed E-state index contributed by atoms with van der Waals surface area (Å²) >= 11 is 0. The maximum absolute atomic E-state index is 12.9. The predicted molar refractivity (Wildman–Crippen MR) is 86.5 cm³/mol. The van der Waals surface area contributed by atoms with Crippen LogP contribution in [0.25, 0.3) is 0 Å². The lowest BCUT2D eigenvalue weighted by Gasteiger charge is -2.41. The topological polar surface area (TPSA) is 25.2 Å². The van der Waals surface area contributed by atoms with Crippen molar-refractivity contribution in [2.75, 3.05) is 6.54 Å². The fraction of sp³-hybridized carbons (Fsp3) is 0.421. The molecule has 1 fully saturated rings. The normalized spacial score (nSPS) is 21.3. The molecular formula is C19H22N2O. The summed E-state index contributed by atoms with van der Waals surface area (Å²) < 4.78 is 2.29. The van der Waals surface area contributed by atoms with Gasteiger partial charge in [-0.05, 0) is 43.0 Å². The van der Waals surface area contributed by atoms with Crippen molar-refractivity contribution >= 4 is 5.91 Å². The Morgan fingerprint density at radius 3 is 2.64 bits per heavy atom. The van der Waals surface area contributed by atoms with Gasteiger partial charge in [-0.3, -0.25) is 4.79 Å². The molecule has 114 valence electrons. The summed E-state index contributed by atoms with van der Waals surface area (Å²) in [4.78, 5) is 15.1. The molecule has 1 amide bonds. The van der Waals surface area contributed by atoms with Crippen molar-refractivity contribution in [3.05, 3.63) is 59.4 Å². The molecule has 3 heteroatoms. The number of hydrogen-bond acceptors (Lipinski definition) is 1. The van der Waals surface area contributed by atoms with Gasteiger partial charge in [-0.15, -0.1) is 0 Å². The molecular weight excluding hydrogens is 272 g/mol. The number of amides is 1. The summed E-state index contributed by atoms with van der Waals surface area (Å²) in [6.07, 6.45) is 5.47. The quantitative estimate of drug-likeness (QED) is 0.832. The molecule has 1 atom stereocenters. The molecule has 2 aliphatic rings. The van der Waals surface area contributed by atoms with Crippen LogP contribution in [0.3, 0.4) is 0 Å². The Balaban J connectivity index is 1.78. The van der Waals surface area contributed by atoms with Gasteiger partial charge in [0.05, 0.1) is 6.04 Å². The number of rotatable bonds is 2. The third-order valence-corrected chi connectivity index (χ3v) is 5.26. The summed E-state index contributed by atoms with van der Waals surface area (Å²) in [5, 5.41) is 0. The minimum Gasteiger partial charge on any atom is -0.348 e. The van der Waals surface area contributed by atoms with Crippen LogP contribution >= 0.6 is 0 Å². The van der Waals surface area contributed by atoms with Crippen LogP contribution in [0.2, 0.25) is 0 Å². The molecule has 0 N–H and O–H groups in total. The van der Waals surface area contributed by atoms with Crippen LogP contribution in [-0.4, -0.2) is 21.9 Å². The maximum Gasteiger partial charge on any atom is 0.226 e. The minimum absolute atomic E-state index is 0.0676. The first-order valence-corrected chi connectivity index (χ1v) is 8.27. The third-order valence-electron chi connectivity index (χ3n) is 5.26. The fourth-order valence-corrected chi connectivity index (χ4v) is 3.73. The van der Waals surface area contributed by atoms with E-state index in [-0.39, 0.29) is 12.0 Å². The van der Waals surface area contributed by atoms with Crippen molar-refractivity contribution in [3.8, 4) is 0 Å². The van der Waals surface area contributed by atoms with E-state index in [0.717, 1.165) is 25.9 Å². The van der Waals surface area contributed by atoms with Gasteiger partial charge in [-0.2, -0.15) is 0 Å². The summed E-state index contributed by atoms with van der Waals surface area (Å²) in [5.74, 6) is 0.611. The van der Waals surface area contributed by atoms with Crippen molar-refractivity contribution < 1.29 is 4.79 Å². The second kappa shape index (κ2) is 5.31. The molecule has 2 heterocycles. The first-order chi connectivity index (χ1) is 10.8. The van der Waals surface area contributed by atoms with Gasteiger partial charge in [0, 0.05) is 30.9 Å². The van der Waals surface area contributed by atoms with Gasteiger partial charge < -0.3 is 9.47 Å². The molecule has 4 rings (SSSR count). The molecule has 1 aromatic heterocycles. The maximum atomic E-state index is 12.9. The number of nitrogens with zero attached hydrogens (tertiary/aromatic N) is 2. The summed E-state index contributed by atoms with van der Waals surface area (Å²) in [6, 6.07) is 12.8. The fourth-order valence-electron chi connectivity index (χ4n) is 3.73. The van der Waals surface area contributed by atoms with E-state index in [2.05, 4.69) is 59.0 Å². The van der Waals surface area contributed by atoms with Gasteiger partial charge in [0.1, 0.15) is 0 Å². The standard InChI is InChI=1S/C19H22N2O/c1-14-6-2-3-9-16(14)18-17-10-5-11-20(17)12-13-21(18)19(22)15-7-4-8-15/h2-3,5-6,9-11,15,18H,4,7-8,12-13H2,1H3/t18-/m0/s1. The van der Waals surface area contributed by atoms with E-state index in [1.54, 1.807) is 0 Å². The highest BCUT2D eigenvalue weighted by Gasteiger charge is 2.37. The SMILES string of the molecule is Cc1ccccc1[C@H]1c2cccn2CCN1C(=O)C1CCC1. The molecule has 0 radical (unpaired) electrons. The van der Waals surface area contributed by atoms with E-state index >= 15 is 0 Å². The average Bonchev–Trinajstić information content (AvgIpc) is 2.93. The highest BCUT2D eigenvalue weighted by Crippen LogP contribution is 2.37. The lowest BCUT2D eigenvalue weighted by molar-refractivity contribution is -0.141. The van der Waals surface area contributed by atoms with Crippen LogP contribution in [0.1, 0.15) is 42.1 Å². The van der Waals surface area contributed by atoms with Crippen molar-refractivity contribution in [2.24, 2.45) is 5.92 Å². The lowest BCUT2D eigenvalue weighted by atomic mass is 9.83. The lowest BCUT2D eigenvalue weighted by Crippen LogP contribution is -2.46. The first-order valence-electron chi connectivity index (χ1n) is 8.27. The van der Waals surface area contributed by atoms with Gasteiger partial charge in [0.15, 0.2) is 0 Å². The highest BCUT2D eigenvalue weighted by molar-refractivity contribution is 5.80. The molecule has 0 spiro atoms. The van der Waals surface area contributed by atoms with Crippen LogP contribution in [0.5, 0.6) is 0 Å². The monoisotopic (exact) mass is 294 g/mol. The van der Waals surface area contributed by atoms with Crippen LogP contribution < -0.4 is 0 Å². The molecule has 1 saturated carbocycles. The second-order valence-corrected chi connectivity index (χ2v) is 6.55. The molecule has 1 aromatic carbocycles. The molecule has 0 bridgehead atoms. The van der Waals surface area contributed by atoms with E-state index in [1.165, 1.54) is 23.2 Å². The summed E-state index contributed by atoms with van der Waals surface area (Å²) in [6.45, 7) is 3.86. The van der Waals surface area contributed by atoms with Crippen LogP contribution in [0.15, 0.2) is 42.6 Å². The number of aromatic nitrogens is 1. The zero-order valence-corrected chi connectivity index (χ0v) is 13.0. The van der Waals surface area contributed by atoms with Crippen molar-refractivity contribution in [3.63, 3.8) is 0 Å². The van der Waals surface area contributed by atoms with Crippen LogP contribution in [0, 0.1) is 12.8 Å². The number of fused-ring (bicyclic) bond motifs is 1. The molecule has 22 heavy (non-hydrogen) atoms. The van der Waals surface area contributed by atoms with E-state index in [1.807, 2.05) is 0 Å². The van der Waals surface area contributed by atoms with Gasteiger partial charge in [0.25, 0.3) is 0 Å². The summed E-state index contributed by atoms with van der Waals surface area (Å²) in [5.41, 5.74) is 3.76. The number of hydrogen-bond donors (Lipinski definition) is 0. The molecule has 0 unspecified atom stereocenters. The Hall–Kier alpha value is -2.03. The van der Waals surface area contributed by atoms with Gasteiger partial charge >= 0.3 is 0 Å². The number of benzene rings is 1. The van der Waals surface area contributed by atoms with Gasteiger partial charge in [-0.1, -0.05) is 30.7 Å².